The van der Waals surface area contributed by atoms with Crippen LogP contribution in [0.1, 0.15) is 5.56 Å². The quantitative estimate of drug-likeness (QED) is 0.727. The Hall–Kier alpha value is -1.50. The Bertz CT molecular complexity index is 825. The summed E-state index contributed by atoms with van der Waals surface area (Å²) in [5.74, 6) is 0. The molecule has 2 aromatic heterocycles. The molecular weight excluding hydrogens is 338 g/mol. The van der Waals surface area contributed by atoms with Crippen LogP contribution < -0.4 is 0 Å². The highest BCUT2D eigenvalue weighted by Crippen LogP contribution is 2.21. The number of methoxy groups -OCH3 is 1. The number of halogens is 1. The normalized spacial score (nSPS) is 11.1. The minimum atomic E-state index is 0.572. The maximum Gasteiger partial charge on any atom is 0.183 e. The van der Waals surface area contributed by atoms with Gasteiger partial charge in [-0.1, -0.05) is 12.1 Å². The number of fused-ring (bicyclic) bond motifs is 1. The van der Waals surface area contributed by atoms with Crippen molar-refractivity contribution in [2.75, 3.05) is 7.11 Å². The summed E-state index contributed by atoms with van der Waals surface area (Å²) in [6.45, 7) is 0.572. The van der Waals surface area contributed by atoms with Gasteiger partial charge in [-0.05, 0) is 51.9 Å². The summed E-state index contributed by atoms with van der Waals surface area (Å²) in [7, 11) is 1.68. The number of hydrogen-bond acceptors (Lipinski definition) is 3. The van der Waals surface area contributed by atoms with Crippen LogP contribution in [0.4, 0.5) is 0 Å². The molecule has 0 bridgehead atoms. The second kappa shape index (κ2) is 5.47. The first-order valence-electron chi connectivity index (χ1n) is 6.03. The van der Waals surface area contributed by atoms with E-state index in [0.717, 1.165) is 26.9 Å². The van der Waals surface area contributed by atoms with Crippen molar-refractivity contribution < 1.29 is 4.74 Å². The summed E-state index contributed by atoms with van der Waals surface area (Å²) in [6.07, 6.45) is 1.76. The number of rotatable bonds is 3. The van der Waals surface area contributed by atoms with Gasteiger partial charge < -0.3 is 9.72 Å². The predicted molar refractivity (Wildman–Crippen MR) is 84.7 cm³/mol. The van der Waals surface area contributed by atoms with Crippen LogP contribution in [-0.2, 0) is 11.3 Å². The van der Waals surface area contributed by atoms with Gasteiger partial charge in [0.15, 0.2) is 10.4 Å². The molecule has 0 fully saturated rings. The Morgan fingerprint density at radius 3 is 3.05 bits per heavy atom. The van der Waals surface area contributed by atoms with Crippen LogP contribution in [0, 0.1) is 4.77 Å². The lowest BCUT2D eigenvalue weighted by molar-refractivity contribution is 0.185. The van der Waals surface area contributed by atoms with E-state index in [0.29, 0.717) is 11.4 Å². The summed E-state index contributed by atoms with van der Waals surface area (Å²) >= 11 is 8.82. The molecule has 20 heavy (non-hydrogen) atoms. The first-order valence-corrected chi connectivity index (χ1v) is 7.23. The second-order valence-corrected chi connectivity index (χ2v) is 5.70. The smallest absolute Gasteiger partial charge is 0.183 e. The number of aromatic amines is 1. The Morgan fingerprint density at radius 2 is 2.25 bits per heavy atom. The summed E-state index contributed by atoms with van der Waals surface area (Å²) < 4.78 is 8.64. The third kappa shape index (κ3) is 2.42. The number of nitrogens with zero attached hydrogens (tertiary/aromatic N) is 2. The van der Waals surface area contributed by atoms with Gasteiger partial charge in [-0.25, -0.2) is 4.98 Å². The molecular formula is C14H12BrN3OS. The van der Waals surface area contributed by atoms with E-state index in [1.54, 1.807) is 13.3 Å². The van der Waals surface area contributed by atoms with Gasteiger partial charge in [0.2, 0.25) is 0 Å². The fraction of sp³-hybridized carbons (Fsp3) is 0.143. The molecule has 0 saturated carbocycles. The third-order valence-corrected chi connectivity index (χ3v) is 3.69. The molecule has 102 valence electrons. The lowest BCUT2D eigenvalue weighted by Gasteiger charge is -2.06. The van der Waals surface area contributed by atoms with Gasteiger partial charge in [0.25, 0.3) is 0 Å². The fourth-order valence-corrected chi connectivity index (χ4v) is 2.79. The zero-order valence-corrected chi connectivity index (χ0v) is 13.2. The molecule has 0 amide bonds. The van der Waals surface area contributed by atoms with Crippen LogP contribution >= 0.6 is 28.1 Å². The number of aromatic nitrogens is 3. The zero-order valence-electron chi connectivity index (χ0n) is 10.8. The van der Waals surface area contributed by atoms with Crippen molar-refractivity contribution in [1.29, 1.82) is 0 Å². The first-order chi connectivity index (χ1) is 9.69. The maximum atomic E-state index is 5.41. The number of ether oxygens (including phenoxy) is 1. The zero-order chi connectivity index (χ0) is 14.1. The third-order valence-electron chi connectivity index (χ3n) is 2.97. The van der Waals surface area contributed by atoms with Crippen molar-refractivity contribution in [3.63, 3.8) is 0 Å². The monoisotopic (exact) mass is 349 g/mol. The molecule has 6 heteroatoms. The average Bonchev–Trinajstić information content (AvgIpc) is 2.74. The number of pyridine rings is 1. The Kier molecular flexibility index (Phi) is 3.69. The van der Waals surface area contributed by atoms with Crippen molar-refractivity contribution in [2.24, 2.45) is 0 Å². The van der Waals surface area contributed by atoms with E-state index >= 15 is 0 Å². The maximum absolute atomic E-state index is 5.41. The van der Waals surface area contributed by atoms with E-state index in [1.165, 1.54) is 0 Å². The van der Waals surface area contributed by atoms with Crippen LogP contribution in [0.25, 0.3) is 16.9 Å². The van der Waals surface area contributed by atoms with E-state index in [-0.39, 0.29) is 0 Å². The first kappa shape index (κ1) is 13.5. The Morgan fingerprint density at radius 1 is 1.40 bits per heavy atom. The van der Waals surface area contributed by atoms with Crippen LogP contribution in [0.3, 0.4) is 0 Å². The molecule has 3 aromatic rings. The molecule has 1 aromatic carbocycles. The van der Waals surface area contributed by atoms with Gasteiger partial charge in [0.05, 0.1) is 17.8 Å². The molecule has 0 saturated heterocycles. The molecule has 1 N–H and O–H groups in total. The fourth-order valence-electron chi connectivity index (χ4n) is 2.16. The van der Waals surface area contributed by atoms with Crippen molar-refractivity contribution in [2.45, 2.75) is 6.61 Å². The molecule has 0 atom stereocenters. The molecule has 0 spiro atoms. The van der Waals surface area contributed by atoms with Crippen molar-refractivity contribution in [3.05, 3.63) is 51.3 Å². The van der Waals surface area contributed by atoms with Crippen molar-refractivity contribution in [3.8, 4) is 5.69 Å². The Labute approximate surface area is 129 Å². The number of hydrogen-bond donors (Lipinski definition) is 1. The SMILES string of the molecule is COCc1cccc(-n2c(=S)[nH]c3cc(Br)cnc32)c1. The Balaban J connectivity index is 2.21. The van der Waals surface area contributed by atoms with Gasteiger partial charge in [-0.2, -0.15) is 0 Å². The lowest BCUT2D eigenvalue weighted by Crippen LogP contribution is -1.97. The molecule has 0 aliphatic rings. The number of H-pyrrole nitrogens is 1. The van der Waals surface area contributed by atoms with Gasteiger partial charge >= 0.3 is 0 Å². The largest absolute Gasteiger partial charge is 0.380 e. The number of nitrogens with one attached hydrogen (secondary N) is 1. The van der Waals surface area contributed by atoms with Crippen LogP contribution in [-0.4, -0.2) is 21.6 Å². The highest BCUT2D eigenvalue weighted by molar-refractivity contribution is 9.10. The highest BCUT2D eigenvalue weighted by Gasteiger charge is 2.08. The van der Waals surface area contributed by atoms with Gasteiger partial charge in [0, 0.05) is 17.8 Å². The van der Waals surface area contributed by atoms with Crippen LogP contribution in [0.5, 0.6) is 0 Å². The minimum absolute atomic E-state index is 0.572. The highest BCUT2D eigenvalue weighted by atomic mass is 79.9. The lowest BCUT2D eigenvalue weighted by atomic mass is 10.2. The molecule has 0 aliphatic carbocycles. The van der Waals surface area contributed by atoms with Gasteiger partial charge in [-0.3, -0.25) is 4.57 Å². The molecule has 3 rings (SSSR count). The van der Waals surface area contributed by atoms with Crippen molar-refractivity contribution >= 4 is 39.3 Å². The van der Waals surface area contributed by atoms with E-state index in [2.05, 4.69) is 32.0 Å². The molecule has 4 nitrogen and oxygen atoms in total. The van der Waals surface area contributed by atoms with E-state index in [9.17, 15) is 0 Å². The average molecular weight is 350 g/mol. The predicted octanol–water partition coefficient (Wildman–Crippen LogP) is 3.99. The molecule has 0 radical (unpaired) electrons. The van der Waals surface area contributed by atoms with Crippen molar-refractivity contribution in [1.82, 2.24) is 14.5 Å². The summed E-state index contributed by atoms with van der Waals surface area (Å²) in [4.78, 5) is 7.61. The number of imidazole rings is 1. The second-order valence-electron chi connectivity index (χ2n) is 4.39. The summed E-state index contributed by atoms with van der Waals surface area (Å²) in [5.41, 5.74) is 3.79. The van der Waals surface area contributed by atoms with Crippen LogP contribution in [0.2, 0.25) is 0 Å². The van der Waals surface area contributed by atoms with Crippen LogP contribution in [0.15, 0.2) is 41.0 Å². The van der Waals surface area contributed by atoms with E-state index in [4.69, 9.17) is 17.0 Å². The minimum Gasteiger partial charge on any atom is -0.380 e. The molecule has 0 aliphatic heterocycles. The van der Waals surface area contributed by atoms with Gasteiger partial charge in [-0.15, -0.1) is 0 Å². The standard InChI is InChI=1S/C14H12BrN3OS/c1-19-8-9-3-2-4-11(5-9)18-13-12(17-14(18)20)6-10(15)7-16-13/h2-7H,8H2,1H3,(H,17,20). The molecule has 0 unspecified atom stereocenters. The number of benzene rings is 1. The summed E-state index contributed by atoms with van der Waals surface area (Å²) in [5, 5.41) is 0. The summed E-state index contributed by atoms with van der Waals surface area (Å²) in [6, 6.07) is 10.0. The topological polar surface area (TPSA) is 42.8 Å². The van der Waals surface area contributed by atoms with E-state index < -0.39 is 0 Å². The molecule has 2 heterocycles. The van der Waals surface area contributed by atoms with Gasteiger partial charge in [0.1, 0.15) is 0 Å². The van der Waals surface area contributed by atoms with E-state index in [1.807, 2.05) is 28.8 Å².